The molecule has 0 saturated carbocycles. The van der Waals surface area contributed by atoms with Gasteiger partial charge < -0.3 is 14.4 Å². The van der Waals surface area contributed by atoms with E-state index in [4.69, 9.17) is 9.39 Å². The Morgan fingerprint density at radius 2 is 1.94 bits per heavy atom. The highest BCUT2D eigenvalue weighted by Crippen LogP contribution is 2.02. The van der Waals surface area contributed by atoms with Crippen LogP contribution >= 0.6 is 0 Å². The van der Waals surface area contributed by atoms with Crippen LogP contribution in [0.15, 0.2) is 24.3 Å². The first-order valence-electron chi connectivity index (χ1n) is 6.19. The van der Waals surface area contributed by atoms with Crippen molar-refractivity contribution >= 4 is 18.6 Å². The molecular formula is C13H19BO4. The van der Waals surface area contributed by atoms with Crippen molar-refractivity contribution in [3.8, 4) is 0 Å². The van der Waals surface area contributed by atoms with Gasteiger partial charge in [0.1, 0.15) is 0 Å². The molecule has 0 saturated heterocycles. The molecule has 98 valence electrons. The Morgan fingerprint density at radius 1 is 1.33 bits per heavy atom. The summed E-state index contributed by atoms with van der Waals surface area (Å²) < 4.78 is 10.3. The molecule has 1 aromatic carbocycles. The fraction of sp³-hybridized carbons (Fsp3) is 0.462. The van der Waals surface area contributed by atoms with Crippen molar-refractivity contribution in [3.63, 3.8) is 0 Å². The summed E-state index contributed by atoms with van der Waals surface area (Å²) in [5, 5.41) is 9.82. The van der Waals surface area contributed by atoms with Crippen LogP contribution in [-0.4, -0.2) is 30.8 Å². The summed E-state index contributed by atoms with van der Waals surface area (Å²) in [5.41, 5.74) is 1.10. The van der Waals surface area contributed by atoms with Gasteiger partial charge in [-0.15, -0.1) is 0 Å². The van der Waals surface area contributed by atoms with Crippen LogP contribution in [0.2, 0.25) is 0 Å². The molecule has 1 N–H and O–H groups in total. The molecule has 0 amide bonds. The van der Waals surface area contributed by atoms with Crippen molar-refractivity contribution < 1.29 is 19.2 Å². The lowest BCUT2D eigenvalue weighted by atomic mass is 9.79. The third-order valence-corrected chi connectivity index (χ3v) is 2.64. The molecule has 0 radical (unpaired) electrons. The summed E-state index contributed by atoms with van der Waals surface area (Å²) >= 11 is 0. The van der Waals surface area contributed by atoms with E-state index in [0.717, 1.165) is 6.42 Å². The van der Waals surface area contributed by atoms with E-state index in [1.165, 1.54) is 0 Å². The van der Waals surface area contributed by atoms with Crippen LogP contribution in [0.25, 0.3) is 0 Å². The number of rotatable bonds is 6. The van der Waals surface area contributed by atoms with Gasteiger partial charge in [-0.1, -0.05) is 19.1 Å². The Bertz CT molecular complexity index is 377. The summed E-state index contributed by atoms with van der Waals surface area (Å²) in [4.78, 5) is 11.4. The second kappa shape index (κ2) is 7.19. The molecule has 0 aliphatic rings. The highest BCUT2D eigenvalue weighted by molar-refractivity contribution is 6.60. The molecule has 0 aliphatic carbocycles. The van der Waals surface area contributed by atoms with Gasteiger partial charge in [0, 0.05) is 6.10 Å². The number of carbonyl (C=O) groups excluding carboxylic acids is 1. The Morgan fingerprint density at radius 3 is 2.44 bits per heavy atom. The molecule has 0 spiro atoms. The van der Waals surface area contributed by atoms with Crippen LogP contribution in [-0.2, 0) is 9.39 Å². The number of ether oxygens (including phenoxy) is 1. The second-order valence-electron chi connectivity index (χ2n) is 4.05. The van der Waals surface area contributed by atoms with Crippen LogP contribution in [0, 0.1) is 0 Å². The van der Waals surface area contributed by atoms with Gasteiger partial charge in [0.15, 0.2) is 0 Å². The molecule has 1 unspecified atom stereocenters. The highest BCUT2D eigenvalue weighted by Gasteiger charge is 2.19. The average Bonchev–Trinajstić information content (AvgIpc) is 2.39. The van der Waals surface area contributed by atoms with E-state index in [9.17, 15) is 9.82 Å². The number of benzene rings is 1. The fourth-order valence-electron chi connectivity index (χ4n) is 1.39. The SMILES string of the molecule is CCOC(=O)c1ccc(B(O)OC(C)CC)cc1. The number of hydrogen-bond acceptors (Lipinski definition) is 4. The Labute approximate surface area is 108 Å². The van der Waals surface area contributed by atoms with Gasteiger partial charge in [0.2, 0.25) is 0 Å². The summed E-state index contributed by atoms with van der Waals surface area (Å²) in [5.74, 6) is -0.360. The topological polar surface area (TPSA) is 55.8 Å². The summed E-state index contributed by atoms with van der Waals surface area (Å²) in [6.07, 6.45) is 0.822. The standard InChI is InChI=1S/C13H19BO4/c1-4-10(3)18-14(16)12-8-6-11(7-9-12)13(15)17-5-2/h6-10,16H,4-5H2,1-3H3. The zero-order valence-electron chi connectivity index (χ0n) is 11.1. The molecule has 0 fully saturated rings. The van der Waals surface area contributed by atoms with Crippen molar-refractivity contribution in [2.45, 2.75) is 33.3 Å². The van der Waals surface area contributed by atoms with Crippen LogP contribution in [0.1, 0.15) is 37.6 Å². The predicted molar refractivity (Wildman–Crippen MR) is 70.8 cm³/mol. The lowest BCUT2D eigenvalue weighted by Crippen LogP contribution is -2.36. The zero-order valence-corrected chi connectivity index (χ0v) is 11.1. The van der Waals surface area contributed by atoms with E-state index in [0.29, 0.717) is 17.6 Å². The second-order valence-corrected chi connectivity index (χ2v) is 4.05. The Hall–Kier alpha value is -1.33. The maximum atomic E-state index is 11.4. The third kappa shape index (κ3) is 4.16. The molecule has 4 nitrogen and oxygen atoms in total. The van der Waals surface area contributed by atoms with E-state index in [2.05, 4.69) is 0 Å². The first-order valence-corrected chi connectivity index (χ1v) is 6.19. The number of esters is 1. The zero-order chi connectivity index (χ0) is 13.5. The molecule has 1 aromatic rings. The van der Waals surface area contributed by atoms with Crippen molar-refractivity contribution in [3.05, 3.63) is 29.8 Å². The first-order chi connectivity index (χ1) is 8.58. The van der Waals surface area contributed by atoms with Gasteiger partial charge in [0.05, 0.1) is 12.2 Å². The maximum absolute atomic E-state index is 11.4. The van der Waals surface area contributed by atoms with Crippen LogP contribution in [0.5, 0.6) is 0 Å². The smallest absolute Gasteiger partial charge is 0.462 e. The highest BCUT2D eigenvalue weighted by atomic mass is 16.5. The molecule has 1 rings (SSSR count). The van der Waals surface area contributed by atoms with Gasteiger partial charge in [-0.2, -0.15) is 0 Å². The van der Waals surface area contributed by atoms with E-state index < -0.39 is 7.12 Å². The Balaban J connectivity index is 2.67. The van der Waals surface area contributed by atoms with Crippen LogP contribution < -0.4 is 5.46 Å². The number of hydrogen-bond donors (Lipinski definition) is 1. The summed E-state index contributed by atoms with van der Waals surface area (Å²) in [6, 6.07) is 6.58. The molecular weight excluding hydrogens is 231 g/mol. The van der Waals surface area contributed by atoms with E-state index in [-0.39, 0.29) is 12.1 Å². The first kappa shape index (κ1) is 14.7. The van der Waals surface area contributed by atoms with E-state index >= 15 is 0 Å². The lowest BCUT2D eigenvalue weighted by molar-refractivity contribution is 0.0526. The van der Waals surface area contributed by atoms with E-state index in [1.54, 1.807) is 31.2 Å². The predicted octanol–water partition coefficient (Wildman–Crippen LogP) is 1.37. The van der Waals surface area contributed by atoms with Crippen molar-refractivity contribution in [1.82, 2.24) is 0 Å². The number of carbonyl (C=O) groups is 1. The van der Waals surface area contributed by atoms with E-state index in [1.807, 2.05) is 13.8 Å². The van der Waals surface area contributed by atoms with Crippen molar-refractivity contribution in [2.75, 3.05) is 6.61 Å². The molecule has 0 aromatic heterocycles. The summed E-state index contributed by atoms with van der Waals surface area (Å²) in [6.45, 7) is 5.99. The van der Waals surface area contributed by atoms with Crippen LogP contribution in [0.3, 0.4) is 0 Å². The molecule has 0 bridgehead atoms. The van der Waals surface area contributed by atoms with Gasteiger partial charge in [-0.25, -0.2) is 4.79 Å². The van der Waals surface area contributed by atoms with Gasteiger partial charge in [-0.3, -0.25) is 0 Å². The van der Waals surface area contributed by atoms with Crippen molar-refractivity contribution in [1.29, 1.82) is 0 Å². The largest absolute Gasteiger partial charge is 0.491 e. The van der Waals surface area contributed by atoms with Crippen LogP contribution in [0.4, 0.5) is 0 Å². The monoisotopic (exact) mass is 250 g/mol. The maximum Gasteiger partial charge on any atom is 0.491 e. The lowest BCUT2D eigenvalue weighted by Gasteiger charge is -2.14. The summed E-state index contributed by atoms with van der Waals surface area (Å²) in [7, 11) is -0.962. The molecule has 18 heavy (non-hydrogen) atoms. The average molecular weight is 250 g/mol. The van der Waals surface area contributed by atoms with Gasteiger partial charge in [0.25, 0.3) is 0 Å². The normalized spacial score (nSPS) is 12.0. The third-order valence-electron chi connectivity index (χ3n) is 2.64. The minimum Gasteiger partial charge on any atom is -0.462 e. The van der Waals surface area contributed by atoms with Gasteiger partial charge >= 0.3 is 13.1 Å². The molecule has 0 aliphatic heterocycles. The minimum absolute atomic E-state index is 0.00951. The fourth-order valence-corrected chi connectivity index (χ4v) is 1.39. The van der Waals surface area contributed by atoms with Gasteiger partial charge in [-0.05, 0) is 37.9 Å². The molecule has 0 heterocycles. The van der Waals surface area contributed by atoms with Crippen molar-refractivity contribution in [2.24, 2.45) is 0 Å². The molecule has 5 heteroatoms. The Kier molecular flexibility index (Phi) is 5.88. The quantitative estimate of drug-likeness (QED) is 0.611. The minimum atomic E-state index is -0.962. The molecule has 1 atom stereocenters.